The molecule has 0 saturated carbocycles. The molecule has 0 aliphatic rings. The Morgan fingerprint density at radius 2 is 2.08 bits per heavy atom. The number of halogens is 1. The highest BCUT2D eigenvalue weighted by Gasteiger charge is 2.12. The Hall–Kier alpha value is -2.90. The normalized spacial score (nSPS) is 10.9. The van der Waals surface area contributed by atoms with Gasteiger partial charge in [-0.25, -0.2) is 14.5 Å². The van der Waals surface area contributed by atoms with E-state index in [2.05, 4.69) is 15.4 Å². The van der Waals surface area contributed by atoms with E-state index in [1.807, 2.05) is 24.3 Å². The van der Waals surface area contributed by atoms with Crippen molar-refractivity contribution in [2.24, 2.45) is 0 Å². The van der Waals surface area contributed by atoms with Crippen LogP contribution in [0.3, 0.4) is 0 Å². The van der Waals surface area contributed by atoms with Gasteiger partial charge in [-0.3, -0.25) is 0 Å². The Morgan fingerprint density at radius 3 is 2.84 bits per heavy atom. The molecule has 0 aliphatic carbocycles. The van der Waals surface area contributed by atoms with Crippen molar-refractivity contribution in [1.29, 1.82) is 0 Å². The number of aromatic carboxylic acids is 1. The summed E-state index contributed by atoms with van der Waals surface area (Å²) >= 11 is 7.31. The highest BCUT2D eigenvalue weighted by Crippen LogP contribution is 2.27. The fourth-order valence-electron chi connectivity index (χ4n) is 2.45. The van der Waals surface area contributed by atoms with Crippen LogP contribution in [0.2, 0.25) is 5.02 Å². The number of nitrogens with zero attached hydrogens (tertiary/aromatic N) is 3. The molecule has 124 valence electrons. The third-order valence-electron chi connectivity index (χ3n) is 3.63. The number of carboxylic acid groups (broad SMARTS) is 1. The molecule has 3 heterocycles. The van der Waals surface area contributed by atoms with Crippen molar-refractivity contribution in [3.63, 3.8) is 0 Å². The zero-order chi connectivity index (χ0) is 17.4. The molecule has 3 aromatic heterocycles. The van der Waals surface area contributed by atoms with Gasteiger partial charge in [-0.1, -0.05) is 23.7 Å². The minimum absolute atomic E-state index is 0.267. The number of anilines is 2. The minimum atomic E-state index is -0.947. The number of hydrogen-bond donors (Lipinski definition) is 2. The van der Waals surface area contributed by atoms with Gasteiger partial charge in [0.1, 0.15) is 10.7 Å². The van der Waals surface area contributed by atoms with Crippen molar-refractivity contribution in [3.05, 3.63) is 64.1 Å². The van der Waals surface area contributed by atoms with Crippen molar-refractivity contribution in [3.8, 4) is 5.69 Å². The molecule has 1 aromatic carbocycles. The Labute approximate surface area is 151 Å². The van der Waals surface area contributed by atoms with Gasteiger partial charge >= 0.3 is 5.97 Å². The number of thiophene rings is 1. The molecule has 0 fully saturated rings. The summed E-state index contributed by atoms with van der Waals surface area (Å²) in [6, 6.07) is 10.9. The number of aromatic nitrogens is 3. The lowest BCUT2D eigenvalue weighted by Gasteiger charge is -2.07. The highest BCUT2D eigenvalue weighted by atomic mass is 35.5. The van der Waals surface area contributed by atoms with Crippen molar-refractivity contribution >= 4 is 51.3 Å². The van der Waals surface area contributed by atoms with Gasteiger partial charge in [0.25, 0.3) is 0 Å². The third-order valence-corrected chi connectivity index (χ3v) is 4.87. The number of pyridine rings is 1. The first-order chi connectivity index (χ1) is 12.1. The highest BCUT2D eigenvalue weighted by molar-refractivity contribution is 7.12. The van der Waals surface area contributed by atoms with Crippen LogP contribution in [0.15, 0.2) is 54.2 Å². The van der Waals surface area contributed by atoms with Crippen LogP contribution in [0, 0.1) is 0 Å². The van der Waals surface area contributed by atoms with E-state index in [0.29, 0.717) is 16.5 Å². The van der Waals surface area contributed by atoms with Crippen LogP contribution < -0.4 is 5.32 Å². The molecule has 25 heavy (non-hydrogen) atoms. The number of rotatable bonds is 4. The molecule has 0 atom stereocenters. The van der Waals surface area contributed by atoms with Gasteiger partial charge in [0.05, 0.1) is 34.3 Å². The number of nitrogens with one attached hydrogen (secondary N) is 1. The second-order valence-electron chi connectivity index (χ2n) is 5.26. The second-order valence-corrected chi connectivity index (χ2v) is 6.58. The summed E-state index contributed by atoms with van der Waals surface area (Å²) in [5.41, 5.74) is 2.26. The van der Waals surface area contributed by atoms with Gasteiger partial charge in [-0.2, -0.15) is 5.10 Å². The summed E-state index contributed by atoms with van der Waals surface area (Å²) in [7, 11) is 0. The van der Waals surface area contributed by atoms with Gasteiger partial charge in [0.2, 0.25) is 0 Å². The molecule has 8 heteroatoms. The summed E-state index contributed by atoms with van der Waals surface area (Å²) in [5, 5.41) is 19.8. The molecule has 0 unspecified atom stereocenters. The summed E-state index contributed by atoms with van der Waals surface area (Å²) in [4.78, 5) is 15.7. The van der Waals surface area contributed by atoms with Crippen molar-refractivity contribution < 1.29 is 9.90 Å². The molecular formula is C17H11ClN4O2S. The van der Waals surface area contributed by atoms with Crippen LogP contribution in [0.1, 0.15) is 9.67 Å². The largest absolute Gasteiger partial charge is 0.477 e. The molecule has 6 nitrogen and oxygen atoms in total. The summed E-state index contributed by atoms with van der Waals surface area (Å²) < 4.78 is 1.67. The lowest BCUT2D eigenvalue weighted by Crippen LogP contribution is -1.97. The fraction of sp³-hybridized carbons (Fsp3) is 0. The van der Waals surface area contributed by atoms with E-state index < -0.39 is 5.97 Å². The van der Waals surface area contributed by atoms with Crippen molar-refractivity contribution in [2.75, 3.05) is 5.32 Å². The van der Waals surface area contributed by atoms with E-state index in [4.69, 9.17) is 16.7 Å². The average Bonchev–Trinajstić information content (AvgIpc) is 3.23. The predicted molar refractivity (Wildman–Crippen MR) is 98.4 cm³/mol. The lowest BCUT2D eigenvalue weighted by molar-refractivity contribution is 0.0702. The maximum absolute atomic E-state index is 11.0. The van der Waals surface area contributed by atoms with Crippen molar-refractivity contribution in [1.82, 2.24) is 14.8 Å². The number of fused-ring (bicyclic) bond motifs is 1. The minimum Gasteiger partial charge on any atom is -0.477 e. The van der Waals surface area contributed by atoms with Crippen LogP contribution >= 0.6 is 22.9 Å². The summed E-state index contributed by atoms with van der Waals surface area (Å²) in [6.07, 6.45) is 3.41. The number of para-hydroxylation sites is 1. The smallest absolute Gasteiger partial charge is 0.345 e. The number of benzene rings is 1. The van der Waals surface area contributed by atoms with Gasteiger partial charge in [0.15, 0.2) is 0 Å². The zero-order valence-corrected chi connectivity index (χ0v) is 14.3. The molecule has 4 aromatic rings. The van der Waals surface area contributed by atoms with Gasteiger partial charge in [0, 0.05) is 10.8 Å². The van der Waals surface area contributed by atoms with Gasteiger partial charge in [-0.15, -0.1) is 11.3 Å². The third kappa shape index (κ3) is 2.95. The van der Waals surface area contributed by atoms with E-state index in [0.717, 1.165) is 27.9 Å². The van der Waals surface area contributed by atoms with E-state index in [-0.39, 0.29) is 4.88 Å². The van der Waals surface area contributed by atoms with Crippen LogP contribution in [0.5, 0.6) is 0 Å². The SMILES string of the molecule is O=C(O)c1cc(-n2ncc3cc(Nc4ccccc4Cl)ncc32)cs1. The van der Waals surface area contributed by atoms with Crippen LogP contribution in [-0.4, -0.2) is 25.8 Å². The van der Waals surface area contributed by atoms with E-state index in [1.54, 1.807) is 34.6 Å². The zero-order valence-electron chi connectivity index (χ0n) is 12.7. The Morgan fingerprint density at radius 1 is 1.24 bits per heavy atom. The molecule has 0 amide bonds. The van der Waals surface area contributed by atoms with E-state index in [1.165, 1.54) is 0 Å². The Bertz CT molecular complexity index is 1090. The van der Waals surface area contributed by atoms with E-state index in [9.17, 15) is 4.79 Å². The standard InChI is InChI=1S/C17H11ClN4O2S/c18-12-3-1-2-4-13(12)21-16-5-10-7-20-22(14(10)8-19-16)11-6-15(17(23)24)25-9-11/h1-9H,(H,19,21)(H,23,24). The molecular weight excluding hydrogens is 360 g/mol. The Balaban J connectivity index is 1.69. The fourth-order valence-corrected chi connectivity index (χ4v) is 3.34. The number of hydrogen-bond acceptors (Lipinski definition) is 5. The number of carbonyl (C=O) groups is 1. The molecule has 4 rings (SSSR count). The van der Waals surface area contributed by atoms with Gasteiger partial charge < -0.3 is 10.4 Å². The quantitative estimate of drug-likeness (QED) is 0.549. The average molecular weight is 371 g/mol. The monoisotopic (exact) mass is 370 g/mol. The first-order valence-corrected chi connectivity index (χ1v) is 8.55. The van der Waals surface area contributed by atoms with Crippen molar-refractivity contribution in [2.45, 2.75) is 0 Å². The van der Waals surface area contributed by atoms with Crippen LogP contribution in [-0.2, 0) is 0 Å². The van der Waals surface area contributed by atoms with E-state index >= 15 is 0 Å². The molecule has 0 aliphatic heterocycles. The van der Waals surface area contributed by atoms with Gasteiger partial charge in [-0.05, 0) is 24.3 Å². The first-order valence-electron chi connectivity index (χ1n) is 7.29. The van der Waals surface area contributed by atoms with Crippen LogP contribution in [0.25, 0.3) is 16.6 Å². The second kappa shape index (κ2) is 6.19. The summed E-state index contributed by atoms with van der Waals surface area (Å²) in [5.74, 6) is -0.297. The Kier molecular flexibility index (Phi) is 3.87. The summed E-state index contributed by atoms with van der Waals surface area (Å²) in [6.45, 7) is 0. The molecule has 0 spiro atoms. The molecule has 0 saturated heterocycles. The number of carboxylic acids is 1. The predicted octanol–water partition coefficient (Wildman–Crippen LogP) is 4.58. The molecule has 0 bridgehead atoms. The maximum Gasteiger partial charge on any atom is 0.345 e. The van der Waals surface area contributed by atoms with Crippen LogP contribution in [0.4, 0.5) is 11.5 Å². The lowest BCUT2D eigenvalue weighted by atomic mass is 10.3. The topological polar surface area (TPSA) is 80.0 Å². The molecule has 2 N–H and O–H groups in total. The molecule has 0 radical (unpaired) electrons. The first kappa shape index (κ1) is 15.6. The maximum atomic E-state index is 11.0.